The number of hydrogen-bond donors (Lipinski definition) is 0. The number of hydrogen-bond acceptors (Lipinski definition) is 6. The second kappa shape index (κ2) is 7.68. The molecule has 0 bridgehead atoms. The van der Waals surface area contributed by atoms with Gasteiger partial charge in [-0.3, -0.25) is 14.3 Å². The maximum Gasteiger partial charge on any atom is 0.276 e. The first-order valence-electron chi connectivity index (χ1n) is 10.5. The number of rotatable bonds is 3. The molecule has 2 aliphatic heterocycles. The maximum atomic E-state index is 12.9. The van der Waals surface area contributed by atoms with Crippen molar-refractivity contribution in [2.45, 2.75) is 32.3 Å². The number of Topliss-reactive ketones (excluding diaryl/α,β-unsaturated/α-hetero) is 1. The number of benzene rings is 1. The number of piperidine rings is 1. The van der Waals surface area contributed by atoms with Crippen LogP contribution in [0.4, 0.5) is 0 Å². The molecule has 2 aliphatic rings. The minimum absolute atomic E-state index is 0.135. The molecular formula is C23H24N4O4. The molecule has 4 heterocycles. The average Bonchev–Trinajstić information content (AvgIpc) is 3.43. The highest BCUT2D eigenvalue weighted by Crippen LogP contribution is 2.34. The highest BCUT2D eigenvalue weighted by molar-refractivity contribution is 6.00. The van der Waals surface area contributed by atoms with Crippen molar-refractivity contribution in [1.29, 1.82) is 0 Å². The van der Waals surface area contributed by atoms with Crippen molar-refractivity contribution in [2.24, 2.45) is 13.0 Å². The third-order valence-corrected chi connectivity index (χ3v) is 6.17. The van der Waals surface area contributed by atoms with Crippen LogP contribution in [-0.2, 0) is 7.05 Å². The van der Waals surface area contributed by atoms with E-state index in [0.717, 1.165) is 24.0 Å². The van der Waals surface area contributed by atoms with E-state index in [1.807, 2.05) is 38.4 Å². The number of aryl methyl sites for hydroxylation is 2. The predicted molar refractivity (Wildman–Crippen MR) is 112 cm³/mol. The molecule has 31 heavy (non-hydrogen) atoms. The van der Waals surface area contributed by atoms with Gasteiger partial charge in [-0.25, -0.2) is 0 Å². The molecular weight excluding hydrogens is 396 g/mol. The second-order valence-corrected chi connectivity index (χ2v) is 8.39. The Bertz CT molecular complexity index is 1140. The molecule has 160 valence electrons. The van der Waals surface area contributed by atoms with E-state index in [-0.39, 0.29) is 23.7 Å². The summed E-state index contributed by atoms with van der Waals surface area (Å²) in [6.45, 7) is 3.18. The van der Waals surface area contributed by atoms with Crippen LogP contribution in [0.2, 0.25) is 0 Å². The summed E-state index contributed by atoms with van der Waals surface area (Å²) in [5, 5.41) is 8.07. The lowest BCUT2D eigenvalue weighted by Crippen LogP contribution is -2.44. The van der Waals surface area contributed by atoms with Gasteiger partial charge in [0.1, 0.15) is 11.9 Å². The molecule has 1 amide bonds. The molecule has 0 saturated carbocycles. The number of nitrogens with zero attached hydrogens (tertiary/aromatic N) is 4. The Morgan fingerprint density at radius 3 is 2.74 bits per heavy atom. The van der Waals surface area contributed by atoms with Gasteiger partial charge in [0, 0.05) is 38.8 Å². The normalized spacial score (nSPS) is 19.2. The molecule has 5 rings (SSSR count). The number of amides is 1. The Balaban J connectivity index is 1.22. The number of carbonyl (C=O) groups excluding carboxylic acids is 2. The van der Waals surface area contributed by atoms with E-state index in [9.17, 15) is 9.59 Å². The molecule has 2 aromatic heterocycles. The predicted octanol–water partition coefficient (Wildman–Crippen LogP) is 3.27. The van der Waals surface area contributed by atoms with Gasteiger partial charge in [-0.1, -0.05) is 16.8 Å². The van der Waals surface area contributed by atoms with Gasteiger partial charge in [0.2, 0.25) is 0 Å². The molecule has 1 saturated heterocycles. The zero-order chi connectivity index (χ0) is 21.5. The summed E-state index contributed by atoms with van der Waals surface area (Å²) < 4.78 is 13.2. The van der Waals surface area contributed by atoms with Crippen molar-refractivity contribution >= 4 is 11.7 Å². The molecule has 8 nitrogen and oxygen atoms in total. The average molecular weight is 420 g/mol. The highest BCUT2D eigenvalue weighted by atomic mass is 16.5. The maximum absolute atomic E-state index is 12.9. The molecule has 1 fully saturated rings. The standard InChI is InChI=1S/C23H24N4O4/c1-14-3-4-20-17(9-14)19(28)11-21(30-20)15-5-7-27(8-6-15)23(29)18-10-22(31-25-18)16-12-24-26(2)13-16/h3-4,9-10,12-13,15,21H,5-8,11H2,1-2H3/t21-/m0/s1. The molecule has 0 unspecified atom stereocenters. The van der Waals surface area contributed by atoms with Crippen LogP contribution in [0.5, 0.6) is 5.75 Å². The quantitative estimate of drug-likeness (QED) is 0.646. The molecule has 1 aromatic carbocycles. The van der Waals surface area contributed by atoms with Gasteiger partial charge < -0.3 is 14.2 Å². The van der Waals surface area contributed by atoms with Crippen molar-refractivity contribution in [3.63, 3.8) is 0 Å². The van der Waals surface area contributed by atoms with E-state index in [2.05, 4.69) is 10.3 Å². The molecule has 3 aromatic rings. The van der Waals surface area contributed by atoms with Gasteiger partial charge in [-0.15, -0.1) is 0 Å². The summed E-state index contributed by atoms with van der Waals surface area (Å²) in [6, 6.07) is 7.41. The van der Waals surface area contributed by atoms with Crippen molar-refractivity contribution in [2.75, 3.05) is 13.1 Å². The number of carbonyl (C=O) groups is 2. The molecule has 1 atom stereocenters. The Morgan fingerprint density at radius 1 is 1.19 bits per heavy atom. The minimum Gasteiger partial charge on any atom is -0.489 e. The third kappa shape index (κ3) is 3.73. The number of ether oxygens (including phenoxy) is 1. The van der Waals surface area contributed by atoms with Gasteiger partial charge in [0.05, 0.1) is 17.3 Å². The SMILES string of the molecule is Cc1ccc2c(c1)C(=O)C[C@@H](C1CCN(C(=O)c3cc(-c4cnn(C)c4)on3)CC1)O2. The van der Waals surface area contributed by atoms with Crippen LogP contribution in [0.25, 0.3) is 11.3 Å². The van der Waals surface area contributed by atoms with Crippen molar-refractivity contribution < 1.29 is 18.8 Å². The lowest BCUT2D eigenvalue weighted by molar-refractivity contribution is 0.0447. The van der Waals surface area contributed by atoms with E-state index < -0.39 is 0 Å². The monoisotopic (exact) mass is 420 g/mol. The smallest absolute Gasteiger partial charge is 0.276 e. The summed E-state index contributed by atoms with van der Waals surface area (Å²) in [6.07, 6.45) is 5.32. The lowest BCUT2D eigenvalue weighted by Gasteiger charge is -2.37. The van der Waals surface area contributed by atoms with Crippen LogP contribution >= 0.6 is 0 Å². The van der Waals surface area contributed by atoms with Gasteiger partial charge in [-0.05, 0) is 37.8 Å². The fourth-order valence-corrected chi connectivity index (χ4v) is 4.42. The summed E-state index contributed by atoms with van der Waals surface area (Å²) in [7, 11) is 1.82. The van der Waals surface area contributed by atoms with Gasteiger partial charge >= 0.3 is 0 Å². The fourth-order valence-electron chi connectivity index (χ4n) is 4.42. The minimum atomic E-state index is -0.140. The van der Waals surface area contributed by atoms with E-state index in [1.54, 1.807) is 21.8 Å². The Labute approximate surface area is 179 Å². The zero-order valence-corrected chi connectivity index (χ0v) is 17.6. The van der Waals surface area contributed by atoms with E-state index in [0.29, 0.717) is 42.3 Å². The molecule has 0 aliphatic carbocycles. The summed E-state index contributed by atoms with van der Waals surface area (Å²) >= 11 is 0. The van der Waals surface area contributed by atoms with Crippen molar-refractivity contribution in [3.05, 3.63) is 53.5 Å². The Kier molecular flexibility index (Phi) is 4.84. The number of likely N-dealkylation sites (tertiary alicyclic amines) is 1. The van der Waals surface area contributed by atoms with Crippen LogP contribution < -0.4 is 4.74 Å². The summed E-state index contributed by atoms with van der Waals surface area (Å²) in [5.74, 6) is 1.44. The van der Waals surface area contributed by atoms with E-state index >= 15 is 0 Å². The molecule has 0 spiro atoms. The van der Waals surface area contributed by atoms with Crippen molar-refractivity contribution in [3.8, 4) is 17.1 Å². The first-order valence-corrected chi connectivity index (χ1v) is 10.5. The first-order chi connectivity index (χ1) is 15.0. The van der Waals surface area contributed by atoms with Crippen LogP contribution in [0.1, 0.15) is 45.7 Å². The Morgan fingerprint density at radius 2 is 2.00 bits per heavy atom. The molecule has 0 N–H and O–H groups in total. The summed E-state index contributed by atoms with van der Waals surface area (Å²) in [4.78, 5) is 27.3. The van der Waals surface area contributed by atoms with E-state index in [4.69, 9.17) is 9.26 Å². The van der Waals surface area contributed by atoms with Crippen LogP contribution in [0, 0.1) is 12.8 Å². The molecule has 0 radical (unpaired) electrons. The van der Waals surface area contributed by atoms with Gasteiger partial charge in [0.25, 0.3) is 5.91 Å². The van der Waals surface area contributed by atoms with Crippen molar-refractivity contribution in [1.82, 2.24) is 19.8 Å². The number of aromatic nitrogens is 3. The van der Waals surface area contributed by atoms with E-state index in [1.165, 1.54) is 0 Å². The summed E-state index contributed by atoms with van der Waals surface area (Å²) in [5.41, 5.74) is 2.81. The largest absolute Gasteiger partial charge is 0.489 e. The lowest BCUT2D eigenvalue weighted by atomic mass is 9.85. The Hall–Kier alpha value is -3.42. The van der Waals surface area contributed by atoms with Gasteiger partial charge in [-0.2, -0.15) is 5.10 Å². The second-order valence-electron chi connectivity index (χ2n) is 8.39. The van der Waals surface area contributed by atoms with Crippen LogP contribution in [0.3, 0.4) is 0 Å². The van der Waals surface area contributed by atoms with Crippen LogP contribution in [0.15, 0.2) is 41.2 Å². The zero-order valence-electron chi connectivity index (χ0n) is 17.6. The first kappa shape index (κ1) is 19.5. The van der Waals surface area contributed by atoms with Crippen LogP contribution in [-0.4, -0.2) is 50.7 Å². The van der Waals surface area contributed by atoms with Gasteiger partial charge in [0.15, 0.2) is 17.2 Å². The molecule has 8 heteroatoms. The number of fused-ring (bicyclic) bond motifs is 1. The topological polar surface area (TPSA) is 90.5 Å². The fraction of sp³-hybridized carbons (Fsp3) is 0.391. The third-order valence-electron chi connectivity index (χ3n) is 6.17. The number of ketones is 1. The highest BCUT2D eigenvalue weighted by Gasteiger charge is 2.35.